The van der Waals surface area contributed by atoms with Gasteiger partial charge in [0.15, 0.2) is 0 Å². The van der Waals surface area contributed by atoms with Crippen LogP contribution >= 0.6 is 0 Å². The Hall–Kier alpha value is -2.95. The fourth-order valence-corrected chi connectivity index (χ4v) is 2.19. The molecule has 0 bridgehead atoms. The number of hydrogen-bond donors (Lipinski definition) is 2. The second kappa shape index (κ2) is 10.3. The average Bonchev–Trinajstić information content (AvgIpc) is 2.64. The monoisotopic (exact) mass is 368 g/mol. The predicted molar refractivity (Wildman–Crippen MR) is 111 cm³/mol. The topological polar surface area (TPSA) is 59.6 Å². The molecule has 5 nitrogen and oxygen atoms in total. The highest BCUT2D eigenvalue weighted by Crippen LogP contribution is 2.18. The fraction of sp³-hybridized carbons (Fsp3) is 0.318. The van der Waals surface area contributed by atoms with E-state index in [0.29, 0.717) is 19.1 Å². The minimum Gasteiger partial charge on any atom is -0.493 e. The molecule has 0 saturated heterocycles. The zero-order chi connectivity index (χ0) is 19.6. The minimum absolute atomic E-state index is 0.126. The summed E-state index contributed by atoms with van der Waals surface area (Å²) in [4.78, 5) is 12.1. The van der Waals surface area contributed by atoms with E-state index in [9.17, 15) is 4.79 Å². The molecule has 0 radical (unpaired) electrons. The molecule has 0 saturated carbocycles. The van der Waals surface area contributed by atoms with E-state index in [4.69, 9.17) is 9.47 Å². The molecular formula is C22H28N2O3. The molecule has 0 atom stereocenters. The first kappa shape index (κ1) is 20.4. The number of rotatable bonds is 10. The van der Waals surface area contributed by atoms with Crippen molar-refractivity contribution in [3.8, 4) is 11.5 Å². The van der Waals surface area contributed by atoms with Crippen LogP contribution < -0.4 is 20.1 Å². The maximum absolute atomic E-state index is 12.1. The van der Waals surface area contributed by atoms with Gasteiger partial charge in [0.2, 0.25) is 5.91 Å². The van der Waals surface area contributed by atoms with Crippen molar-refractivity contribution in [1.29, 1.82) is 0 Å². The Labute approximate surface area is 161 Å². The van der Waals surface area contributed by atoms with Gasteiger partial charge in [0.05, 0.1) is 13.2 Å². The Bertz CT molecular complexity index is 754. The summed E-state index contributed by atoms with van der Waals surface area (Å²) in [6, 6.07) is 14.9. The molecular weight excluding hydrogens is 340 g/mol. The molecule has 0 aliphatic heterocycles. The maximum atomic E-state index is 12.1. The highest BCUT2D eigenvalue weighted by atomic mass is 16.5. The number of carbonyl (C=O) groups excluding carboxylic acids is 1. The quantitative estimate of drug-likeness (QED) is 0.596. The molecule has 0 heterocycles. The Balaban J connectivity index is 1.80. The average molecular weight is 368 g/mol. The van der Waals surface area contributed by atoms with Crippen LogP contribution in [0.5, 0.6) is 11.5 Å². The van der Waals surface area contributed by atoms with E-state index < -0.39 is 0 Å². The molecule has 2 N–H and O–H groups in total. The number of ether oxygens (including phenoxy) is 2. The van der Waals surface area contributed by atoms with Crippen LogP contribution in [-0.4, -0.2) is 25.7 Å². The van der Waals surface area contributed by atoms with Crippen LogP contribution in [0.4, 0.5) is 11.4 Å². The molecule has 1 amide bonds. The molecule has 144 valence electrons. The van der Waals surface area contributed by atoms with Gasteiger partial charge in [0.25, 0.3) is 0 Å². The van der Waals surface area contributed by atoms with Gasteiger partial charge in [-0.05, 0) is 54.8 Å². The van der Waals surface area contributed by atoms with Crippen molar-refractivity contribution in [2.24, 2.45) is 5.92 Å². The summed E-state index contributed by atoms with van der Waals surface area (Å²) in [7, 11) is 0. The first-order valence-corrected chi connectivity index (χ1v) is 9.06. The van der Waals surface area contributed by atoms with Gasteiger partial charge >= 0.3 is 0 Å². The number of amides is 1. The van der Waals surface area contributed by atoms with Crippen LogP contribution in [0.25, 0.3) is 0 Å². The molecule has 0 aliphatic rings. The molecule has 0 fully saturated rings. The van der Waals surface area contributed by atoms with Crippen molar-refractivity contribution in [3.63, 3.8) is 0 Å². The smallest absolute Gasteiger partial charge is 0.243 e. The van der Waals surface area contributed by atoms with Crippen molar-refractivity contribution in [3.05, 3.63) is 60.7 Å². The number of benzene rings is 2. The molecule has 0 aromatic heterocycles. The highest BCUT2D eigenvalue weighted by Gasteiger charge is 2.04. The summed E-state index contributed by atoms with van der Waals surface area (Å²) < 4.78 is 11.2. The third kappa shape index (κ3) is 7.86. The van der Waals surface area contributed by atoms with Crippen LogP contribution in [0, 0.1) is 5.92 Å². The van der Waals surface area contributed by atoms with Crippen LogP contribution in [0.2, 0.25) is 0 Å². The Morgan fingerprint density at radius 3 is 2.44 bits per heavy atom. The van der Waals surface area contributed by atoms with Crippen molar-refractivity contribution in [1.82, 2.24) is 0 Å². The summed E-state index contributed by atoms with van der Waals surface area (Å²) in [5.41, 5.74) is 2.52. The predicted octanol–water partition coefficient (Wildman–Crippen LogP) is 4.73. The van der Waals surface area contributed by atoms with Gasteiger partial charge in [-0.15, -0.1) is 0 Å². The molecule has 27 heavy (non-hydrogen) atoms. The van der Waals surface area contributed by atoms with Crippen LogP contribution in [0.1, 0.15) is 20.8 Å². The Morgan fingerprint density at radius 1 is 1.04 bits per heavy atom. The SMILES string of the molecule is C=C(C)COc1ccc(NC(=O)CNc2cccc(OCC(C)C)c2)cc1. The molecule has 0 unspecified atom stereocenters. The zero-order valence-corrected chi connectivity index (χ0v) is 16.2. The molecule has 2 rings (SSSR count). The van der Waals surface area contributed by atoms with Gasteiger partial charge in [0, 0.05) is 17.4 Å². The van der Waals surface area contributed by atoms with Crippen LogP contribution in [0.3, 0.4) is 0 Å². The number of nitrogens with one attached hydrogen (secondary N) is 2. The summed E-state index contributed by atoms with van der Waals surface area (Å²) >= 11 is 0. The minimum atomic E-state index is -0.126. The molecule has 5 heteroatoms. The van der Waals surface area contributed by atoms with Crippen molar-refractivity contribution >= 4 is 17.3 Å². The lowest BCUT2D eigenvalue weighted by atomic mass is 10.2. The normalized spacial score (nSPS) is 10.4. The molecule has 0 spiro atoms. The van der Waals surface area contributed by atoms with Gasteiger partial charge in [0.1, 0.15) is 18.1 Å². The fourth-order valence-electron chi connectivity index (χ4n) is 2.19. The van der Waals surface area contributed by atoms with E-state index in [1.165, 1.54) is 0 Å². The van der Waals surface area contributed by atoms with E-state index in [2.05, 4.69) is 31.1 Å². The van der Waals surface area contributed by atoms with Crippen molar-refractivity contribution in [2.45, 2.75) is 20.8 Å². The highest BCUT2D eigenvalue weighted by molar-refractivity contribution is 5.93. The second-order valence-electron chi connectivity index (χ2n) is 6.90. The Morgan fingerprint density at radius 2 is 1.78 bits per heavy atom. The summed E-state index contributed by atoms with van der Waals surface area (Å²) in [5.74, 6) is 1.87. The first-order valence-electron chi connectivity index (χ1n) is 9.06. The van der Waals surface area contributed by atoms with E-state index >= 15 is 0 Å². The van der Waals surface area contributed by atoms with Crippen molar-refractivity contribution in [2.75, 3.05) is 30.4 Å². The van der Waals surface area contributed by atoms with Crippen molar-refractivity contribution < 1.29 is 14.3 Å². The lowest BCUT2D eigenvalue weighted by molar-refractivity contribution is -0.114. The van der Waals surface area contributed by atoms with Gasteiger partial charge in [-0.2, -0.15) is 0 Å². The summed E-state index contributed by atoms with van der Waals surface area (Å²) in [6.45, 7) is 11.2. The van der Waals surface area contributed by atoms with E-state index in [1.54, 1.807) is 0 Å². The summed E-state index contributed by atoms with van der Waals surface area (Å²) in [6.07, 6.45) is 0. The van der Waals surface area contributed by atoms with Crippen LogP contribution in [0.15, 0.2) is 60.7 Å². The molecule has 2 aromatic carbocycles. The standard InChI is InChI=1S/C22H28N2O3/c1-16(2)14-26-20-10-8-18(9-11-20)24-22(25)13-23-19-6-5-7-21(12-19)27-15-17(3)4/h5-12,17,23H,1,13-15H2,2-4H3,(H,24,25). The second-order valence-corrected chi connectivity index (χ2v) is 6.90. The largest absolute Gasteiger partial charge is 0.493 e. The Kier molecular flexibility index (Phi) is 7.74. The number of hydrogen-bond acceptors (Lipinski definition) is 4. The maximum Gasteiger partial charge on any atom is 0.243 e. The third-order valence-electron chi connectivity index (χ3n) is 3.49. The number of anilines is 2. The zero-order valence-electron chi connectivity index (χ0n) is 16.2. The summed E-state index contributed by atoms with van der Waals surface area (Å²) in [5, 5.41) is 5.96. The van der Waals surface area contributed by atoms with Crippen LogP contribution in [-0.2, 0) is 4.79 Å². The number of carbonyl (C=O) groups is 1. The lowest BCUT2D eigenvalue weighted by Crippen LogP contribution is -2.21. The van der Waals surface area contributed by atoms with Gasteiger partial charge < -0.3 is 20.1 Å². The third-order valence-corrected chi connectivity index (χ3v) is 3.49. The molecule has 2 aromatic rings. The van der Waals surface area contributed by atoms with E-state index in [1.807, 2.05) is 55.5 Å². The van der Waals surface area contributed by atoms with Gasteiger partial charge in [-0.1, -0.05) is 26.5 Å². The lowest BCUT2D eigenvalue weighted by Gasteiger charge is -2.12. The van der Waals surface area contributed by atoms with E-state index in [0.717, 1.165) is 28.4 Å². The van der Waals surface area contributed by atoms with E-state index in [-0.39, 0.29) is 12.5 Å². The van der Waals surface area contributed by atoms with Gasteiger partial charge in [-0.3, -0.25) is 4.79 Å². The molecule has 0 aliphatic carbocycles. The first-order chi connectivity index (χ1) is 12.9. The van der Waals surface area contributed by atoms with Gasteiger partial charge in [-0.25, -0.2) is 0 Å².